The first-order valence-corrected chi connectivity index (χ1v) is 9.84. The first-order chi connectivity index (χ1) is 13.6. The maximum Gasteiger partial charge on any atom is 0.202 e. The van der Waals surface area contributed by atoms with E-state index in [0.29, 0.717) is 5.11 Å². The van der Waals surface area contributed by atoms with Crippen molar-refractivity contribution in [2.45, 2.75) is 25.8 Å². The van der Waals surface area contributed by atoms with Crippen LogP contribution in [0.25, 0.3) is 0 Å². The van der Waals surface area contributed by atoms with Crippen LogP contribution in [0.5, 0.6) is 0 Å². The molecule has 0 radical (unpaired) electrons. The van der Waals surface area contributed by atoms with E-state index in [9.17, 15) is 0 Å². The summed E-state index contributed by atoms with van der Waals surface area (Å²) >= 11 is 5.71. The van der Waals surface area contributed by atoms with Crippen molar-refractivity contribution in [2.24, 2.45) is 4.99 Å². The molecule has 0 amide bonds. The van der Waals surface area contributed by atoms with Crippen LogP contribution in [0.1, 0.15) is 18.1 Å². The Bertz CT molecular complexity index is 1010. The van der Waals surface area contributed by atoms with Gasteiger partial charge < -0.3 is 10.2 Å². The van der Waals surface area contributed by atoms with E-state index in [-0.39, 0.29) is 0 Å². The maximum absolute atomic E-state index is 5.71. The summed E-state index contributed by atoms with van der Waals surface area (Å²) in [5.41, 5.74) is 4.11. The molecule has 0 unspecified atom stereocenters. The van der Waals surface area contributed by atoms with Gasteiger partial charge in [-0.1, -0.05) is 66.7 Å². The molecule has 0 saturated heterocycles. The Morgan fingerprint density at radius 3 is 2.18 bits per heavy atom. The van der Waals surface area contributed by atoms with Gasteiger partial charge in [0.1, 0.15) is 11.4 Å². The fraction of sp³-hybridized carbons (Fsp3) is 0.167. The molecule has 28 heavy (non-hydrogen) atoms. The normalized spacial score (nSPS) is 18.9. The van der Waals surface area contributed by atoms with Crippen LogP contribution in [0.15, 0.2) is 89.9 Å². The van der Waals surface area contributed by atoms with Crippen molar-refractivity contribution in [3.63, 3.8) is 0 Å². The maximum atomic E-state index is 5.71. The van der Waals surface area contributed by atoms with Crippen molar-refractivity contribution < 1.29 is 0 Å². The Morgan fingerprint density at radius 1 is 0.893 bits per heavy atom. The predicted octanol–water partition coefficient (Wildman–Crippen LogP) is 5.61. The Balaban J connectivity index is 1.76. The van der Waals surface area contributed by atoms with E-state index in [4.69, 9.17) is 17.2 Å². The first-order valence-electron chi connectivity index (χ1n) is 9.43. The molecule has 140 valence electrons. The standard InChI is InChI=1S/C24H23N3S/c1-18-11-9-10-16-21(18)25-22-24(2,17-19-12-5-3-6-13-19)27(23(28)26-22)20-14-7-4-8-15-20/h3-16H,17H2,1-2H3,(H,25,26,28)/t24-/m1/s1. The molecule has 0 aromatic heterocycles. The summed E-state index contributed by atoms with van der Waals surface area (Å²) in [6.45, 7) is 4.30. The third-order valence-electron chi connectivity index (χ3n) is 5.21. The molecule has 1 N–H and O–H groups in total. The van der Waals surface area contributed by atoms with Crippen molar-refractivity contribution in [3.8, 4) is 0 Å². The van der Waals surface area contributed by atoms with Crippen molar-refractivity contribution in [3.05, 3.63) is 96.1 Å². The lowest BCUT2D eigenvalue weighted by molar-refractivity contribution is 0.626. The minimum atomic E-state index is -0.415. The van der Waals surface area contributed by atoms with E-state index in [2.05, 4.69) is 72.6 Å². The van der Waals surface area contributed by atoms with E-state index in [1.807, 2.05) is 36.4 Å². The molecule has 3 aromatic rings. The highest BCUT2D eigenvalue weighted by atomic mass is 32.1. The lowest BCUT2D eigenvalue weighted by Crippen LogP contribution is -2.53. The van der Waals surface area contributed by atoms with Gasteiger partial charge in [-0.3, -0.25) is 0 Å². The van der Waals surface area contributed by atoms with Gasteiger partial charge in [0.05, 0.1) is 0 Å². The second-order valence-electron chi connectivity index (χ2n) is 7.29. The first kappa shape index (κ1) is 18.4. The lowest BCUT2D eigenvalue weighted by Gasteiger charge is -2.37. The van der Waals surface area contributed by atoms with Crippen LogP contribution < -0.4 is 10.2 Å². The van der Waals surface area contributed by atoms with E-state index in [0.717, 1.165) is 23.6 Å². The van der Waals surface area contributed by atoms with Crippen LogP contribution in [0.4, 0.5) is 11.4 Å². The number of rotatable bonds is 4. The van der Waals surface area contributed by atoms with Gasteiger partial charge in [0, 0.05) is 17.8 Å². The third-order valence-corrected chi connectivity index (χ3v) is 5.48. The fourth-order valence-corrected chi connectivity index (χ4v) is 4.11. The van der Waals surface area contributed by atoms with E-state index in [1.54, 1.807) is 0 Å². The van der Waals surface area contributed by atoms with Gasteiger partial charge >= 0.3 is 0 Å². The van der Waals surface area contributed by atoms with Crippen molar-refractivity contribution in [1.29, 1.82) is 0 Å². The largest absolute Gasteiger partial charge is 0.341 e. The molecule has 1 heterocycles. The average Bonchev–Trinajstić information content (AvgIpc) is 2.94. The van der Waals surface area contributed by atoms with Gasteiger partial charge in [-0.15, -0.1) is 0 Å². The number of nitrogens with one attached hydrogen (secondary N) is 1. The molecule has 0 saturated carbocycles. The molecule has 0 bridgehead atoms. The molecule has 4 heteroatoms. The van der Waals surface area contributed by atoms with Gasteiger partial charge in [0.15, 0.2) is 0 Å². The molecule has 3 aromatic carbocycles. The van der Waals surface area contributed by atoms with Gasteiger partial charge in [0.25, 0.3) is 0 Å². The minimum absolute atomic E-state index is 0.415. The number of aliphatic imine (C=N–C) groups is 1. The molecule has 0 spiro atoms. The Kier molecular flexibility index (Phi) is 4.97. The molecular weight excluding hydrogens is 362 g/mol. The lowest BCUT2D eigenvalue weighted by atomic mass is 9.89. The zero-order valence-corrected chi connectivity index (χ0v) is 16.9. The summed E-state index contributed by atoms with van der Waals surface area (Å²) < 4.78 is 0. The van der Waals surface area contributed by atoms with Crippen LogP contribution in [-0.2, 0) is 6.42 Å². The van der Waals surface area contributed by atoms with E-state index >= 15 is 0 Å². The number of anilines is 2. The minimum Gasteiger partial charge on any atom is -0.341 e. The number of amidine groups is 1. The molecule has 1 aliphatic heterocycles. The van der Waals surface area contributed by atoms with Gasteiger partial charge in [-0.2, -0.15) is 0 Å². The second kappa shape index (κ2) is 7.56. The Morgan fingerprint density at radius 2 is 1.50 bits per heavy atom. The van der Waals surface area contributed by atoms with Crippen molar-refractivity contribution in [1.82, 2.24) is 0 Å². The summed E-state index contributed by atoms with van der Waals surface area (Å²) in [7, 11) is 0. The topological polar surface area (TPSA) is 27.6 Å². The molecule has 1 aliphatic rings. The summed E-state index contributed by atoms with van der Waals surface area (Å²) in [4.78, 5) is 6.96. The summed E-state index contributed by atoms with van der Waals surface area (Å²) in [5, 5.41) is 4.15. The number of nitrogens with zero attached hydrogens (tertiary/aromatic N) is 2. The highest BCUT2D eigenvalue weighted by Crippen LogP contribution is 2.35. The zero-order chi connectivity index (χ0) is 19.6. The summed E-state index contributed by atoms with van der Waals surface area (Å²) in [6.07, 6.45) is 0.792. The second-order valence-corrected chi connectivity index (χ2v) is 7.66. The highest BCUT2D eigenvalue weighted by Gasteiger charge is 2.45. The van der Waals surface area contributed by atoms with Gasteiger partial charge in [0.2, 0.25) is 5.11 Å². The molecule has 3 nitrogen and oxygen atoms in total. The van der Waals surface area contributed by atoms with Crippen LogP contribution in [-0.4, -0.2) is 16.5 Å². The van der Waals surface area contributed by atoms with Crippen LogP contribution in [0.3, 0.4) is 0 Å². The molecule has 1 atom stereocenters. The van der Waals surface area contributed by atoms with Crippen molar-refractivity contribution >= 4 is 34.5 Å². The number of hydrogen-bond donors (Lipinski definition) is 1. The zero-order valence-electron chi connectivity index (χ0n) is 16.1. The SMILES string of the molecule is Cc1ccccc1NC1=NC(=S)N(c2ccccc2)[C@]1(C)Cc1ccccc1. The van der Waals surface area contributed by atoms with Gasteiger partial charge in [-0.25, -0.2) is 4.99 Å². The number of thiocarbonyl (C=S) groups is 1. The smallest absolute Gasteiger partial charge is 0.202 e. The van der Waals surface area contributed by atoms with Crippen LogP contribution >= 0.6 is 12.2 Å². The molecule has 4 rings (SSSR count). The van der Waals surface area contributed by atoms with Crippen molar-refractivity contribution in [2.75, 3.05) is 10.2 Å². The number of para-hydroxylation sites is 2. The quantitative estimate of drug-likeness (QED) is 0.591. The van der Waals surface area contributed by atoms with Gasteiger partial charge in [-0.05, 0) is 55.4 Å². The average molecular weight is 386 g/mol. The molecular formula is C24H23N3S. The number of hydrogen-bond acceptors (Lipinski definition) is 2. The Hall–Kier alpha value is -2.98. The fourth-order valence-electron chi connectivity index (χ4n) is 3.71. The molecule has 0 aliphatic carbocycles. The molecule has 0 fully saturated rings. The monoisotopic (exact) mass is 385 g/mol. The Labute approximate surface area is 171 Å². The van der Waals surface area contributed by atoms with E-state index in [1.165, 1.54) is 11.1 Å². The van der Waals surface area contributed by atoms with Crippen LogP contribution in [0.2, 0.25) is 0 Å². The number of aryl methyl sites for hydroxylation is 1. The summed E-state index contributed by atoms with van der Waals surface area (Å²) in [6, 6.07) is 29.0. The summed E-state index contributed by atoms with van der Waals surface area (Å²) in [5.74, 6) is 0.875. The predicted molar refractivity (Wildman–Crippen MR) is 122 cm³/mol. The highest BCUT2D eigenvalue weighted by molar-refractivity contribution is 7.80. The van der Waals surface area contributed by atoms with Crippen LogP contribution in [0, 0.1) is 6.92 Å². The number of benzene rings is 3. The third kappa shape index (κ3) is 3.43. The van der Waals surface area contributed by atoms with E-state index < -0.39 is 5.54 Å².